The third-order valence-electron chi connectivity index (χ3n) is 2.32. The van der Waals surface area contributed by atoms with Crippen LogP contribution >= 0.6 is 0 Å². The Balaban J connectivity index is 2.64. The van der Waals surface area contributed by atoms with E-state index in [4.69, 9.17) is 0 Å². The van der Waals surface area contributed by atoms with Gasteiger partial charge >= 0.3 is 0 Å². The number of likely N-dealkylation sites (tertiary alicyclic amines) is 1. The zero-order chi connectivity index (χ0) is 10.4. The number of hydrogen-bond donors (Lipinski definition) is 0. The van der Waals surface area contributed by atoms with Crippen LogP contribution in [-0.4, -0.2) is 23.8 Å². The smallest absolute Gasteiger partial charge is 0.127 e. The lowest BCUT2D eigenvalue weighted by Gasteiger charge is -2.28. The molecule has 0 atom stereocenters. The lowest BCUT2D eigenvalue weighted by molar-refractivity contribution is 0.344. The molecule has 0 aromatic rings. The van der Waals surface area contributed by atoms with Gasteiger partial charge < -0.3 is 4.90 Å². The van der Waals surface area contributed by atoms with Crippen molar-refractivity contribution in [2.24, 2.45) is 4.99 Å². The van der Waals surface area contributed by atoms with Crippen LogP contribution in [0.25, 0.3) is 0 Å². The number of nitrogens with zero attached hydrogens (tertiary/aromatic N) is 2. The third-order valence-corrected chi connectivity index (χ3v) is 2.32. The number of rotatable bonds is 2. The Morgan fingerprint density at radius 1 is 1.21 bits per heavy atom. The van der Waals surface area contributed by atoms with Gasteiger partial charge in [-0.3, -0.25) is 0 Å². The minimum atomic E-state index is 1.02. The Morgan fingerprint density at radius 3 is 2.36 bits per heavy atom. The van der Waals surface area contributed by atoms with Gasteiger partial charge in [-0.25, -0.2) is 4.99 Å². The summed E-state index contributed by atoms with van der Waals surface area (Å²) >= 11 is 0. The highest BCUT2D eigenvalue weighted by molar-refractivity contribution is 5.92. The summed E-state index contributed by atoms with van der Waals surface area (Å²) in [7, 11) is 0. The number of allylic oxidation sites excluding steroid dienone is 1. The van der Waals surface area contributed by atoms with Crippen molar-refractivity contribution in [3.8, 4) is 0 Å². The first-order valence-corrected chi connectivity index (χ1v) is 5.32. The quantitative estimate of drug-likeness (QED) is 0.485. The van der Waals surface area contributed by atoms with Gasteiger partial charge in [0.05, 0.1) is 0 Å². The van der Waals surface area contributed by atoms with Crippen LogP contribution in [-0.2, 0) is 0 Å². The Labute approximate surface area is 87.0 Å². The molecule has 0 N–H and O–H groups in total. The van der Waals surface area contributed by atoms with E-state index in [2.05, 4.69) is 30.3 Å². The van der Waals surface area contributed by atoms with Crippen molar-refractivity contribution in [3.63, 3.8) is 0 Å². The Kier molecular flexibility index (Phi) is 4.44. The number of piperidine rings is 1. The molecule has 0 radical (unpaired) electrons. The fourth-order valence-electron chi connectivity index (χ4n) is 1.58. The average molecular weight is 192 g/mol. The first kappa shape index (κ1) is 11.0. The van der Waals surface area contributed by atoms with E-state index >= 15 is 0 Å². The van der Waals surface area contributed by atoms with Crippen LogP contribution in [0.3, 0.4) is 0 Å². The molecule has 2 heteroatoms. The molecule has 1 aliphatic rings. The molecule has 0 aromatic carbocycles. The summed E-state index contributed by atoms with van der Waals surface area (Å²) in [5.41, 5.74) is 1.22. The number of aliphatic imine (C=N–C) groups is 1. The maximum atomic E-state index is 4.43. The minimum Gasteiger partial charge on any atom is -0.357 e. The second-order valence-electron chi connectivity index (χ2n) is 3.95. The van der Waals surface area contributed by atoms with Gasteiger partial charge in [-0.1, -0.05) is 12.2 Å². The zero-order valence-electron chi connectivity index (χ0n) is 9.29. The van der Waals surface area contributed by atoms with Crippen molar-refractivity contribution in [2.75, 3.05) is 13.1 Å². The summed E-state index contributed by atoms with van der Waals surface area (Å²) in [6.45, 7) is 10.2. The third kappa shape index (κ3) is 3.36. The van der Waals surface area contributed by atoms with Crippen molar-refractivity contribution in [1.82, 2.24) is 4.90 Å². The van der Waals surface area contributed by atoms with E-state index in [1.165, 1.54) is 24.8 Å². The first-order chi connectivity index (χ1) is 6.74. The van der Waals surface area contributed by atoms with E-state index in [0.29, 0.717) is 0 Å². The molecule has 1 fully saturated rings. The van der Waals surface area contributed by atoms with Gasteiger partial charge in [-0.2, -0.15) is 0 Å². The predicted octanol–water partition coefficient (Wildman–Crippen LogP) is 2.98. The van der Waals surface area contributed by atoms with Gasteiger partial charge in [-0.05, 0) is 39.2 Å². The second-order valence-corrected chi connectivity index (χ2v) is 3.95. The van der Waals surface area contributed by atoms with Gasteiger partial charge in [0.2, 0.25) is 0 Å². The fourth-order valence-corrected chi connectivity index (χ4v) is 1.58. The number of hydrogen-bond acceptors (Lipinski definition) is 1. The highest BCUT2D eigenvalue weighted by Crippen LogP contribution is 2.10. The molecule has 1 aliphatic heterocycles. The van der Waals surface area contributed by atoms with Crippen LogP contribution in [0, 0.1) is 0 Å². The van der Waals surface area contributed by atoms with E-state index < -0.39 is 0 Å². The molecule has 78 valence electrons. The summed E-state index contributed by atoms with van der Waals surface area (Å²) in [5.74, 6) is 1.02. The molecule has 1 saturated heterocycles. The van der Waals surface area contributed by atoms with Crippen LogP contribution < -0.4 is 0 Å². The lowest BCUT2D eigenvalue weighted by Crippen LogP contribution is -2.34. The molecule has 14 heavy (non-hydrogen) atoms. The normalized spacial score (nSPS) is 17.9. The number of amidine groups is 1. The summed E-state index contributed by atoms with van der Waals surface area (Å²) < 4.78 is 0. The van der Waals surface area contributed by atoms with E-state index in [1.54, 1.807) is 0 Å². The van der Waals surface area contributed by atoms with Crippen LogP contribution in [0.2, 0.25) is 0 Å². The molecular weight excluding hydrogens is 172 g/mol. The van der Waals surface area contributed by atoms with E-state index in [0.717, 1.165) is 18.9 Å². The molecule has 0 aromatic heterocycles. The average Bonchev–Trinajstić information content (AvgIpc) is 2.20. The van der Waals surface area contributed by atoms with E-state index in [-0.39, 0.29) is 0 Å². The Morgan fingerprint density at radius 2 is 1.86 bits per heavy atom. The summed E-state index contributed by atoms with van der Waals surface area (Å²) in [6, 6.07) is 0. The largest absolute Gasteiger partial charge is 0.357 e. The van der Waals surface area contributed by atoms with Crippen molar-refractivity contribution in [2.45, 2.75) is 33.1 Å². The molecule has 0 saturated carbocycles. The summed E-state index contributed by atoms with van der Waals surface area (Å²) in [5, 5.41) is 0. The van der Waals surface area contributed by atoms with Crippen LogP contribution in [0.4, 0.5) is 0 Å². The molecule has 2 nitrogen and oxygen atoms in total. The van der Waals surface area contributed by atoms with E-state index in [9.17, 15) is 0 Å². The maximum Gasteiger partial charge on any atom is 0.127 e. The SMILES string of the molecule is C=CC(=NC=C(C)C)N1CCCCC1. The van der Waals surface area contributed by atoms with Gasteiger partial charge in [0.15, 0.2) is 0 Å². The van der Waals surface area contributed by atoms with Gasteiger partial charge in [0, 0.05) is 19.3 Å². The predicted molar refractivity (Wildman–Crippen MR) is 62.5 cm³/mol. The molecule has 0 spiro atoms. The Hall–Kier alpha value is -1.05. The monoisotopic (exact) mass is 192 g/mol. The highest BCUT2D eigenvalue weighted by Gasteiger charge is 2.11. The van der Waals surface area contributed by atoms with E-state index in [1.807, 2.05) is 12.3 Å². The van der Waals surface area contributed by atoms with Crippen molar-refractivity contribution < 1.29 is 0 Å². The highest BCUT2D eigenvalue weighted by atomic mass is 15.2. The van der Waals surface area contributed by atoms with Gasteiger partial charge in [0.1, 0.15) is 5.84 Å². The topological polar surface area (TPSA) is 15.6 Å². The standard InChI is InChI=1S/C12H20N2/c1-4-12(13-10-11(2)3)14-8-6-5-7-9-14/h4,10H,1,5-9H2,2-3H3. The molecule has 1 heterocycles. The minimum absolute atomic E-state index is 1.02. The van der Waals surface area contributed by atoms with Crippen molar-refractivity contribution >= 4 is 5.84 Å². The van der Waals surface area contributed by atoms with Crippen molar-refractivity contribution in [3.05, 3.63) is 24.4 Å². The molecule has 0 unspecified atom stereocenters. The molecule has 0 amide bonds. The lowest BCUT2D eigenvalue weighted by atomic mass is 10.1. The molecule has 0 bridgehead atoms. The molecule has 0 aliphatic carbocycles. The maximum absolute atomic E-state index is 4.43. The van der Waals surface area contributed by atoms with Crippen LogP contribution in [0.1, 0.15) is 33.1 Å². The molecular formula is C12H20N2. The first-order valence-electron chi connectivity index (χ1n) is 5.32. The zero-order valence-corrected chi connectivity index (χ0v) is 9.29. The Bertz CT molecular complexity index is 241. The van der Waals surface area contributed by atoms with Crippen LogP contribution in [0.5, 0.6) is 0 Å². The second kappa shape index (κ2) is 5.63. The molecule has 1 rings (SSSR count). The summed E-state index contributed by atoms with van der Waals surface area (Å²) in [6.07, 6.45) is 7.67. The van der Waals surface area contributed by atoms with Crippen LogP contribution in [0.15, 0.2) is 29.4 Å². The summed E-state index contributed by atoms with van der Waals surface area (Å²) in [4.78, 5) is 6.74. The van der Waals surface area contributed by atoms with Crippen molar-refractivity contribution in [1.29, 1.82) is 0 Å². The van der Waals surface area contributed by atoms with Gasteiger partial charge in [-0.15, -0.1) is 0 Å². The van der Waals surface area contributed by atoms with Gasteiger partial charge in [0.25, 0.3) is 0 Å². The fraction of sp³-hybridized carbons (Fsp3) is 0.583.